The minimum absolute atomic E-state index is 0.00147. The summed E-state index contributed by atoms with van der Waals surface area (Å²) in [6, 6.07) is 21.7. The fraction of sp³-hybridized carbons (Fsp3) is 0.240. The molecule has 1 aliphatic rings. The molecule has 1 aliphatic heterocycles. The molecule has 4 rings (SSSR count). The van der Waals surface area contributed by atoms with E-state index < -0.39 is 0 Å². The fourth-order valence-corrected chi connectivity index (χ4v) is 3.94. The van der Waals surface area contributed by atoms with E-state index in [0.29, 0.717) is 36.7 Å². The molecular formula is C25H27N3O3. The van der Waals surface area contributed by atoms with Crippen LogP contribution in [-0.2, 0) is 6.54 Å². The van der Waals surface area contributed by atoms with E-state index >= 15 is 0 Å². The van der Waals surface area contributed by atoms with Gasteiger partial charge in [0.25, 0.3) is 5.91 Å². The van der Waals surface area contributed by atoms with Crippen molar-refractivity contribution in [2.24, 2.45) is 0 Å². The molecule has 0 fully saturated rings. The highest BCUT2D eigenvalue weighted by molar-refractivity contribution is 6.01. The van der Waals surface area contributed by atoms with Gasteiger partial charge >= 0.3 is 0 Å². The number of amides is 1. The van der Waals surface area contributed by atoms with Crippen LogP contribution in [0, 0.1) is 0 Å². The summed E-state index contributed by atoms with van der Waals surface area (Å²) in [6.07, 6.45) is 0. The molecule has 0 bridgehead atoms. The fourth-order valence-electron chi connectivity index (χ4n) is 3.94. The van der Waals surface area contributed by atoms with Gasteiger partial charge in [0, 0.05) is 26.7 Å². The third-order valence-electron chi connectivity index (χ3n) is 5.57. The summed E-state index contributed by atoms with van der Waals surface area (Å²) in [5, 5.41) is 3.49. The van der Waals surface area contributed by atoms with Gasteiger partial charge in [-0.25, -0.2) is 0 Å². The van der Waals surface area contributed by atoms with Crippen molar-refractivity contribution in [2.45, 2.75) is 6.54 Å². The van der Waals surface area contributed by atoms with Gasteiger partial charge in [0.05, 0.1) is 36.8 Å². The monoisotopic (exact) mass is 417 g/mol. The molecule has 1 amide bonds. The molecule has 0 saturated carbocycles. The topological polar surface area (TPSA) is 54.0 Å². The average molecular weight is 418 g/mol. The first kappa shape index (κ1) is 20.6. The number of benzene rings is 3. The summed E-state index contributed by atoms with van der Waals surface area (Å²) in [7, 11) is 5.22. The zero-order valence-corrected chi connectivity index (χ0v) is 18.1. The van der Waals surface area contributed by atoms with Gasteiger partial charge in [0.2, 0.25) is 0 Å². The van der Waals surface area contributed by atoms with Gasteiger partial charge in [0.1, 0.15) is 0 Å². The van der Waals surface area contributed by atoms with Crippen molar-refractivity contribution >= 4 is 23.0 Å². The minimum Gasteiger partial charge on any atom is -0.493 e. The Morgan fingerprint density at radius 3 is 2.39 bits per heavy atom. The van der Waals surface area contributed by atoms with Crippen LogP contribution in [0.1, 0.15) is 15.9 Å². The van der Waals surface area contributed by atoms with Gasteiger partial charge in [-0.15, -0.1) is 0 Å². The Labute approximate surface area is 183 Å². The number of nitrogens with zero attached hydrogens (tertiary/aromatic N) is 2. The van der Waals surface area contributed by atoms with E-state index in [-0.39, 0.29) is 5.91 Å². The van der Waals surface area contributed by atoms with Crippen molar-refractivity contribution < 1.29 is 14.3 Å². The molecule has 6 nitrogen and oxygen atoms in total. The Morgan fingerprint density at radius 1 is 0.903 bits per heavy atom. The van der Waals surface area contributed by atoms with Gasteiger partial charge in [-0.3, -0.25) is 4.79 Å². The third-order valence-corrected chi connectivity index (χ3v) is 5.57. The maximum atomic E-state index is 13.6. The van der Waals surface area contributed by atoms with Crippen LogP contribution in [0.5, 0.6) is 11.5 Å². The van der Waals surface area contributed by atoms with E-state index in [1.165, 1.54) is 0 Å². The highest BCUT2D eigenvalue weighted by Crippen LogP contribution is 2.34. The number of hydrogen-bond acceptors (Lipinski definition) is 5. The lowest BCUT2D eigenvalue weighted by molar-refractivity contribution is 0.0750. The average Bonchev–Trinajstić information content (AvgIpc) is 2.82. The van der Waals surface area contributed by atoms with Gasteiger partial charge < -0.3 is 24.6 Å². The highest BCUT2D eigenvalue weighted by Gasteiger charge is 2.23. The Bertz CT molecular complexity index is 1080. The molecule has 3 aromatic rings. The molecule has 31 heavy (non-hydrogen) atoms. The maximum Gasteiger partial charge on any atom is 0.256 e. The number of ether oxygens (including phenoxy) is 2. The van der Waals surface area contributed by atoms with Crippen LogP contribution < -0.4 is 19.7 Å². The van der Waals surface area contributed by atoms with Gasteiger partial charge in [-0.1, -0.05) is 30.3 Å². The minimum atomic E-state index is -0.00147. The lowest BCUT2D eigenvalue weighted by Gasteiger charge is -2.30. The summed E-state index contributed by atoms with van der Waals surface area (Å²) in [6.45, 7) is 1.69. The molecule has 0 saturated heterocycles. The number of carbonyl (C=O) groups excluding carboxylic acids is 1. The lowest BCUT2D eigenvalue weighted by Crippen LogP contribution is -2.36. The van der Waals surface area contributed by atoms with E-state index in [2.05, 4.69) is 22.3 Å². The number of rotatable bonds is 4. The van der Waals surface area contributed by atoms with Crippen LogP contribution in [0.2, 0.25) is 0 Å². The number of fused-ring (bicyclic) bond motifs is 2. The van der Waals surface area contributed by atoms with Gasteiger partial charge in [0.15, 0.2) is 11.5 Å². The zero-order valence-electron chi connectivity index (χ0n) is 18.1. The van der Waals surface area contributed by atoms with Crippen molar-refractivity contribution in [2.75, 3.05) is 44.6 Å². The molecule has 0 aliphatic carbocycles. The molecule has 160 valence electrons. The number of para-hydroxylation sites is 3. The molecule has 0 spiro atoms. The molecule has 0 unspecified atom stereocenters. The summed E-state index contributed by atoms with van der Waals surface area (Å²) in [4.78, 5) is 17.5. The standard InChI is InChI=1S/C25H27N3O3/c1-27-21-10-6-4-8-19(21)25(29)28(15-14-26-20-9-5-7-11-22(20)27)17-18-12-13-23(30-2)24(16-18)31-3/h4-13,16,26H,14-15,17H2,1-3H3. The van der Waals surface area contributed by atoms with Crippen molar-refractivity contribution in [1.29, 1.82) is 0 Å². The molecule has 1 heterocycles. The van der Waals surface area contributed by atoms with Crippen LogP contribution >= 0.6 is 0 Å². The normalized spacial score (nSPS) is 13.7. The number of methoxy groups -OCH3 is 2. The number of anilines is 3. The van der Waals surface area contributed by atoms with Crippen LogP contribution in [0.3, 0.4) is 0 Å². The first-order valence-corrected chi connectivity index (χ1v) is 10.3. The van der Waals surface area contributed by atoms with Crippen LogP contribution in [0.25, 0.3) is 0 Å². The second kappa shape index (κ2) is 9.00. The number of hydrogen-bond donors (Lipinski definition) is 1. The molecule has 0 radical (unpaired) electrons. The molecule has 6 heteroatoms. The van der Waals surface area contributed by atoms with E-state index in [1.807, 2.05) is 66.5 Å². The number of nitrogens with one attached hydrogen (secondary N) is 1. The number of carbonyl (C=O) groups is 1. The third kappa shape index (κ3) is 4.14. The predicted molar refractivity (Wildman–Crippen MR) is 124 cm³/mol. The summed E-state index contributed by atoms with van der Waals surface area (Å²) in [5.41, 5.74) is 4.62. The first-order valence-electron chi connectivity index (χ1n) is 10.3. The van der Waals surface area contributed by atoms with Gasteiger partial charge in [-0.05, 0) is 42.0 Å². The van der Waals surface area contributed by atoms with E-state index in [1.54, 1.807) is 14.2 Å². The van der Waals surface area contributed by atoms with E-state index in [9.17, 15) is 4.79 Å². The van der Waals surface area contributed by atoms with E-state index in [0.717, 1.165) is 22.6 Å². The Balaban J connectivity index is 1.71. The van der Waals surface area contributed by atoms with Crippen molar-refractivity contribution in [3.05, 3.63) is 77.9 Å². The second-order valence-electron chi connectivity index (χ2n) is 7.44. The van der Waals surface area contributed by atoms with Crippen LogP contribution in [0.4, 0.5) is 17.1 Å². The molecule has 1 N–H and O–H groups in total. The Morgan fingerprint density at radius 2 is 1.61 bits per heavy atom. The Hall–Kier alpha value is -3.67. The first-order chi connectivity index (χ1) is 15.1. The summed E-state index contributed by atoms with van der Waals surface area (Å²) in [5.74, 6) is 1.32. The highest BCUT2D eigenvalue weighted by atomic mass is 16.5. The quantitative estimate of drug-likeness (QED) is 0.676. The second-order valence-corrected chi connectivity index (χ2v) is 7.44. The zero-order chi connectivity index (χ0) is 21.8. The molecule has 0 atom stereocenters. The van der Waals surface area contributed by atoms with Crippen LogP contribution in [-0.4, -0.2) is 45.2 Å². The van der Waals surface area contributed by atoms with Crippen molar-refractivity contribution in [3.8, 4) is 11.5 Å². The predicted octanol–water partition coefficient (Wildman–Crippen LogP) is 4.54. The lowest BCUT2D eigenvalue weighted by atomic mass is 10.1. The maximum absolute atomic E-state index is 13.6. The largest absolute Gasteiger partial charge is 0.493 e. The molecular weight excluding hydrogens is 390 g/mol. The smallest absolute Gasteiger partial charge is 0.256 e. The summed E-state index contributed by atoms with van der Waals surface area (Å²) >= 11 is 0. The van der Waals surface area contributed by atoms with Crippen molar-refractivity contribution in [1.82, 2.24) is 4.90 Å². The molecule has 0 aromatic heterocycles. The van der Waals surface area contributed by atoms with Crippen molar-refractivity contribution in [3.63, 3.8) is 0 Å². The Kier molecular flexibility index (Phi) is 5.98. The SMILES string of the molecule is COc1ccc(CN2CCNc3ccccc3N(C)c3ccccc3C2=O)cc1OC. The van der Waals surface area contributed by atoms with E-state index in [4.69, 9.17) is 9.47 Å². The van der Waals surface area contributed by atoms with Crippen LogP contribution in [0.15, 0.2) is 66.7 Å². The van der Waals surface area contributed by atoms with Gasteiger partial charge in [-0.2, -0.15) is 0 Å². The summed E-state index contributed by atoms with van der Waals surface area (Å²) < 4.78 is 10.8. The molecule has 3 aromatic carbocycles.